The molecule has 1 aromatic heterocycles. The van der Waals surface area contributed by atoms with Gasteiger partial charge in [-0.1, -0.05) is 6.92 Å². The van der Waals surface area contributed by atoms with Gasteiger partial charge in [0.05, 0.1) is 0 Å². The van der Waals surface area contributed by atoms with Crippen molar-refractivity contribution in [3.05, 3.63) is 24.0 Å². The van der Waals surface area contributed by atoms with Gasteiger partial charge in [0.1, 0.15) is 11.8 Å². The Kier molecular flexibility index (Phi) is 4.34. The van der Waals surface area contributed by atoms with Crippen LogP contribution in [0.1, 0.15) is 30.8 Å². The molecule has 6 nitrogen and oxygen atoms in total. The molecular formula is C14H16F3N3O3. The zero-order chi connectivity index (χ0) is 17.4. The van der Waals surface area contributed by atoms with Crippen molar-refractivity contribution in [1.29, 1.82) is 0 Å². The van der Waals surface area contributed by atoms with E-state index in [1.54, 1.807) is 0 Å². The van der Waals surface area contributed by atoms with E-state index >= 15 is 0 Å². The molecule has 9 heteroatoms. The van der Waals surface area contributed by atoms with E-state index in [1.165, 1.54) is 25.3 Å². The first-order valence-corrected chi connectivity index (χ1v) is 6.86. The zero-order valence-electron chi connectivity index (χ0n) is 12.5. The average molecular weight is 331 g/mol. The minimum atomic E-state index is -4.57. The van der Waals surface area contributed by atoms with Crippen molar-refractivity contribution in [2.45, 2.75) is 38.1 Å². The minimum Gasteiger partial charge on any atom is -0.364 e. The molecule has 3 N–H and O–H groups in total. The molecule has 0 bridgehead atoms. The van der Waals surface area contributed by atoms with Crippen LogP contribution in [0.5, 0.6) is 0 Å². The number of ether oxygens (including phenoxy) is 1. The SMILES string of the molecule is C[C@H]1CC(C(=O)Nc2ccnc(C(N)=O)c2)O[C@@]1(C)C(F)(F)F. The number of carbonyl (C=O) groups excluding carboxylic acids is 2. The van der Waals surface area contributed by atoms with Crippen LogP contribution in [0.3, 0.4) is 0 Å². The third kappa shape index (κ3) is 3.29. The van der Waals surface area contributed by atoms with Crippen LogP contribution in [0.15, 0.2) is 18.3 Å². The van der Waals surface area contributed by atoms with Gasteiger partial charge in [0.25, 0.3) is 11.8 Å². The van der Waals surface area contributed by atoms with Crippen LogP contribution in [0.25, 0.3) is 0 Å². The summed E-state index contributed by atoms with van der Waals surface area (Å²) >= 11 is 0. The summed E-state index contributed by atoms with van der Waals surface area (Å²) < 4.78 is 44.2. The van der Waals surface area contributed by atoms with Gasteiger partial charge in [-0.25, -0.2) is 0 Å². The summed E-state index contributed by atoms with van der Waals surface area (Å²) in [6.07, 6.45) is -4.61. The third-order valence-corrected chi connectivity index (χ3v) is 4.03. The number of anilines is 1. The summed E-state index contributed by atoms with van der Waals surface area (Å²) in [5.74, 6) is -2.36. The number of nitrogens with two attached hydrogens (primary N) is 1. The predicted octanol–water partition coefficient (Wildman–Crippen LogP) is 1.86. The number of rotatable bonds is 3. The number of nitrogens with one attached hydrogen (secondary N) is 1. The first-order chi connectivity index (χ1) is 10.5. The Morgan fingerprint density at radius 3 is 2.65 bits per heavy atom. The molecule has 3 atom stereocenters. The van der Waals surface area contributed by atoms with Gasteiger partial charge in [0.15, 0.2) is 5.60 Å². The fourth-order valence-corrected chi connectivity index (χ4v) is 2.38. The maximum absolute atomic E-state index is 13.1. The maximum atomic E-state index is 13.1. The summed E-state index contributed by atoms with van der Waals surface area (Å²) in [4.78, 5) is 26.9. The summed E-state index contributed by atoms with van der Waals surface area (Å²) in [7, 11) is 0. The first kappa shape index (κ1) is 17.2. The van der Waals surface area contributed by atoms with Crippen LogP contribution in [0, 0.1) is 5.92 Å². The van der Waals surface area contributed by atoms with Gasteiger partial charge in [-0.2, -0.15) is 13.2 Å². The van der Waals surface area contributed by atoms with Gasteiger partial charge in [-0.15, -0.1) is 0 Å². The standard InChI is InChI=1S/C14H16F3N3O3/c1-7-5-10(23-13(7,2)14(15,16)17)12(22)20-8-3-4-19-9(6-8)11(18)21/h3-4,6-7,10H,5H2,1-2H3,(H2,18,21)(H,19,20,22)/t7-,10?,13+/m0/s1. The van der Waals surface area contributed by atoms with Gasteiger partial charge in [-0.05, 0) is 31.4 Å². The molecule has 126 valence electrons. The van der Waals surface area contributed by atoms with Crippen molar-refractivity contribution >= 4 is 17.5 Å². The Morgan fingerprint density at radius 2 is 2.13 bits per heavy atom. The zero-order valence-corrected chi connectivity index (χ0v) is 12.5. The van der Waals surface area contributed by atoms with Gasteiger partial charge < -0.3 is 15.8 Å². The van der Waals surface area contributed by atoms with Crippen molar-refractivity contribution in [2.75, 3.05) is 5.32 Å². The molecule has 0 spiro atoms. The number of hydrogen-bond acceptors (Lipinski definition) is 4. The number of pyridine rings is 1. The number of primary amides is 1. The van der Waals surface area contributed by atoms with Crippen molar-refractivity contribution in [3.63, 3.8) is 0 Å². The molecule has 1 aromatic rings. The van der Waals surface area contributed by atoms with Crippen LogP contribution in [0.4, 0.5) is 18.9 Å². The lowest BCUT2D eigenvalue weighted by atomic mass is 9.89. The number of halogens is 3. The number of amides is 2. The van der Waals surface area contributed by atoms with E-state index < -0.39 is 35.6 Å². The highest BCUT2D eigenvalue weighted by atomic mass is 19.4. The van der Waals surface area contributed by atoms with Crippen molar-refractivity contribution in [2.24, 2.45) is 11.7 Å². The fourth-order valence-electron chi connectivity index (χ4n) is 2.38. The Bertz CT molecular complexity index is 635. The van der Waals surface area contributed by atoms with Crippen molar-refractivity contribution < 1.29 is 27.5 Å². The second-order valence-electron chi connectivity index (χ2n) is 5.63. The second-order valence-corrected chi connectivity index (χ2v) is 5.63. The van der Waals surface area contributed by atoms with E-state index in [-0.39, 0.29) is 17.8 Å². The molecule has 23 heavy (non-hydrogen) atoms. The molecule has 1 fully saturated rings. The molecule has 0 aliphatic carbocycles. The van der Waals surface area contributed by atoms with E-state index in [2.05, 4.69) is 10.3 Å². The smallest absolute Gasteiger partial charge is 0.364 e. The molecule has 1 unspecified atom stereocenters. The predicted molar refractivity (Wildman–Crippen MR) is 74.5 cm³/mol. The lowest BCUT2D eigenvalue weighted by molar-refractivity contribution is -0.272. The normalized spacial score (nSPS) is 27.7. The van der Waals surface area contributed by atoms with Gasteiger partial charge in [0.2, 0.25) is 0 Å². The summed E-state index contributed by atoms with van der Waals surface area (Å²) in [6.45, 7) is 2.32. The lowest BCUT2D eigenvalue weighted by Gasteiger charge is -2.30. The van der Waals surface area contributed by atoms with Crippen LogP contribution in [0.2, 0.25) is 0 Å². The topological polar surface area (TPSA) is 94.3 Å². The summed E-state index contributed by atoms with van der Waals surface area (Å²) in [5.41, 5.74) is 2.84. The highest BCUT2D eigenvalue weighted by molar-refractivity contribution is 5.96. The molecule has 1 aliphatic heterocycles. The quantitative estimate of drug-likeness (QED) is 0.884. The Balaban J connectivity index is 2.11. The lowest BCUT2D eigenvalue weighted by Crippen LogP contribution is -2.47. The molecule has 0 aromatic carbocycles. The highest BCUT2D eigenvalue weighted by Crippen LogP contribution is 2.46. The molecular weight excluding hydrogens is 315 g/mol. The second kappa shape index (κ2) is 5.80. The van der Waals surface area contributed by atoms with Crippen LogP contribution < -0.4 is 11.1 Å². The first-order valence-electron chi connectivity index (χ1n) is 6.86. The number of hydrogen-bond donors (Lipinski definition) is 2. The van der Waals surface area contributed by atoms with Crippen LogP contribution in [-0.2, 0) is 9.53 Å². The number of alkyl halides is 3. The monoisotopic (exact) mass is 331 g/mol. The van der Waals surface area contributed by atoms with Crippen LogP contribution in [-0.4, -0.2) is 34.7 Å². The number of nitrogens with zero attached hydrogens (tertiary/aromatic N) is 1. The highest BCUT2D eigenvalue weighted by Gasteiger charge is 2.61. The Hall–Kier alpha value is -2.16. The largest absolute Gasteiger partial charge is 0.417 e. The van der Waals surface area contributed by atoms with Crippen molar-refractivity contribution in [3.8, 4) is 0 Å². The van der Waals surface area contributed by atoms with E-state index in [4.69, 9.17) is 10.5 Å². The molecule has 2 rings (SSSR count). The Morgan fingerprint density at radius 1 is 1.48 bits per heavy atom. The van der Waals surface area contributed by atoms with E-state index in [0.717, 1.165) is 6.92 Å². The molecule has 0 radical (unpaired) electrons. The van der Waals surface area contributed by atoms with E-state index in [9.17, 15) is 22.8 Å². The van der Waals surface area contributed by atoms with Gasteiger partial charge >= 0.3 is 6.18 Å². The van der Waals surface area contributed by atoms with Gasteiger partial charge in [0, 0.05) is 11.9 Å². The summed E-state index contributed by atoms with van der Waals surface area (Å²) in [6, 6.07) is 2.63. The minimum absolute atomic E-state index is 0.0599. The number of carbonyl (C=O) groups is 2. The molecule has 2 heterocycles. The molecule has 1 saturated heterocycles. The van der Waals surface area contributed by atoms with E-state index in [0.29, 0.717) is 0 Å². The molecule has 0 saturated carbocycles. The fraction of sp³-hybridized carbons (Fsp3) is 0.500. The Labute approximate surface area is 130 Å². The average Bonchev–Trinajstić information content (AvgIpc) is 2.76. The van der Waals surface area contributed by atoms with Crippen LogP contribution >= 0.6 is 0 Å². The number of aromatic nitrogens is 1. The van der Waals surface area contributed by atoms with E-state index in [1.807, 2.05) is 0 Å². The van der Waals surface area contributed by atoms with Gasteiger partial charge in [-0.3, -0.25) is 14.6 Å². The molecule has 1 aliphatic rings. The molecule has 2 amide bonds. The van der Waals surface area contributed by atoms with Crippen molar-refractivity contribution in [1.82, 2.24) is 4.98 Å². The third-order valence-electron chi connectivity index (χ3n) is 4.03. The maximum Gasteiger partial charge on any atom is 0.417 e. The summed E-state index contributed by atoms with van der Waals surface area (Å²) in [5, 5.41) is 2.41.